The van der Waals surface area contributed by atoms with Crippen LogP contribution in [0.25, 0.3) is 0 Å². The molecule has 1 atom stereocenters. The molecule has 2 aliphatic rings. The van der Waals surface area contributed by atoms with Crippen LogP contribution in [0.5, 0.6) is 0 Å². The molecular formula is C13H15ClN2S. The van der Waals surface area contributed by atoms with Gasteiger partial charge in [0.25, 0.3) is 0 Å². The number of hydrogen-bond acceptors (Lipinski definition) is 3. The molecule has 0 spiro atoms. The summed E-state index contributed by atoms with van der Waals surface area (Å²) in [4.78, 5) is 4.55. The Kier molecular flexibility index (Phi) is 3.30. The summed E-state index contributed by atoms with van der Waals surface area (Å²) in [6, 6.07) is 7.94. The van der Waals surface area contributed by atoms with Crippen LogP contribution in [0, 0.1) is 5.92 Å². The van der Waals surface area contributed by atoms with Gasteiger partial charge in [-0.3, -0.25) is 4.99 Å². The average Bonchev–Trinajstić information content (AvgIpc) is 3.08. The summed E-state index contributed by atoms with van der Waals surface area (Å²) in [7, 11) is 0. The van der Waals surface area contributed by atoms with Crippen molar-refractivity contribution in [1.82, 2.24) is 5.32 Å². The van der Waals surface area contributed by atoms with Gasteiger partial charge in [-0.15, -0.1) is 0 Å². The third-order valence-electron chi connectivity index (χ3n) is 3.21. The van der Waals surface area contributed by atoms with Crippen LogP contribution < -0.4 is 5.32 Å². The number of halogens is 1. The molecule has 90 valence electrons. The first kappa shape index (κ1) is 11.4. The number of nitrogens with zero attached hydrogens (tertiary/aromatic N) is 1. The van der Waals surface area contributed by atoms with Gasteiger partial charge in [-0.2, -0.15) is 0 Å². The Balaban J connectivity index is 1.53. The van der Waals surface area contributed by atoms with Crippen LogP contribution in [0.1, 0.15) is 18.4 Å². The SMILES string of the molecule is Clc1ccccc1CNC1=NCC(C2CC2)S1. The zero-order valence-electron chi connectivity index (χ0n) is 9.53. The van der Waals surface area contributed by atoms with E-state index in [0.717, 1.165) is 40.0 Å². The van der Waals surface area contributed by atoms with Gasteiger partial charge in [-0.1, -0.05) is 41.6 Å². The second kappa shape index (κ2) is 4.91. The zero-order chi connectivity index (χ0) is 11.7. The Morgan fingerprint density at radius 3 is 2.94 bits per heavy atom. The predicted octanol–water partition coefficient (Wildman–Crippen LogP) is 3.31. The summed E-state index contributed by atoms with van der Waals surface area (Å²) < 4.78 is 0. The second-order valence-electron chi connectivity index (χ2n) is 4.58. The number of hydrogen-bond donors (Lipinski definition) is 1. The van der Waals surface area contributed by atoms with Crippen molar-refractivity contribution in [2.45, 2.75) is 24.6 Å². The first-order chi connectivity index (χ1) is 8.33. The zero-order valence-corrected chi connectivity index (χ0v) is 11.1. The summed E-state index contributed by atoms with van der Waals surface area (Å²) in [5.74, 6) is 0.920. The van der Waals surface area contributed by atoms with Crippen LogP contribution in [0.3, 0.4) is 0 Å². The van der Waals surface area contributed by atoms with Crippen molar-refractivity contribution >= 4 is 28.5 Å². The third-order valence-corrected chi connectivity index (χ3v) is 4.92. The van der Waals surface area contributed by atoms with Crippen LogP contribution in [-0.2, 0) is 6.54 Å². The summed E-state index contributed by atoms with van der Waals surface area (Å²) >= 11 is 8.01. The van der Waals surface area contributed by atoms with E-state index in [9.17, 15) is 0 Å². The van der Waals surface area contributed by atoms with Crippen molar-refractivity contribution in [1.29, 1.82) is 0 Å². The topological polar surface area (TPSA) is 24.4 Å². The summed E-state index contributed by atoms with van der Waals surface area (Å²) in [5, 5.41) is 6.01. The first-order valence-corrected chi connectivity index (χ1v) is 7.27. The predicted molar refractivity (Wildman–Crippen MR) is 74.7 cm³/mol. The maximum absolute atomic E-state index is 6.11. The van der Waals surface area contributed by atoms with Crippen molar-refractivity contribution in [3.05, 3.63) is 34.9 Å². The maximum atomic E-state index is 6.11. The molecule has 1 aromatic rings. The smallest absolute Gasteiger partial charge is 0.157 e. The Labute approximate surface area is 111 Å². The highest BCUT2D eigenvalue weighted by molar-refractivity contribution is 8.14. The average molecular weight is 267 g/mol. The summed E-state index contributed by atoms with van der Waals surface area (Å²) in [5.41, 5.74) is 1.13. The quantitative estimate of drug-likeness (QED) is 0.908. The molecule has 1 fully saturated rings. The molecule has 1 aliphatic carbocycles. The van der Waals surface area contributed by atoms with Crippen molar-refractivity contribution in [3.8, 4) is 0 Å². The standard InChI is InChI=1S/C13H15ClN2S/c14-11-4-2-1-3-10(11)7-15-13-16-8-12(17-13)9-5-6-9/h1-4,9,12H,5-8H2,(H,15,16). The van der Waals surface area contributed by atoms with Crippen molar-refractivity contribution in [2.24, 2.45) is 10.9 Å². The molecule has 0 radical (unpaired) electrons. The van der Waals surface area contributed by atoms with Crippen LogP contribution >= 0.6 is 23.4 Å². The van der Waals surface area contributed by atoms with Gasteiger partial charge in [0, 0.05) is 16.8 Å². The molecule has 1 saturated carbocycles. The number of rotatable bonds is 3. The van der Waals surface area contributed by atoms with Crippen molar-refractivity contribution in [2.75, 3.05) is 6.54 Å². The highest BCUT2D eigenvalue weighted by Crippen LogP contribution is 2.41. The highest BCUT2D eigenvalue weighted by atomic mass is 35.5. The van der Waals surface area contributed by atoms with Gasteiger partial charge in [0.15, 0.2) is 5.17 Å². The lowest BCUT2D eigenvalue weighted by Crippen LogP contribution is -2.19. The fraction of sp³-hybridized carbons (Fsp3) is 0.462. The maximum Gasteiger partial charge on any atom is 0.157 e. The number of amidine groups is 1. The summed E-state index contributed by atoms with van der Waals surface area (Å²) in [6.07, 6.45) is 2.79. The van der Waals surface area contributed by atoms with Gasteiger partial charge < -0.3 is 5.32 Å². The Hall–Kier alpha value is -0.670. The van der Waals surface area contributed by atoms with Gasteiger partial charge >= 0.3 is 0 Å². The Morgan fingerprint density at radius 2 is 2.18 bits per heavy atom. The number of aliphatic imine (C=N–C) groups is 1. The molecule has 0 bridgehead atoms. The molecule has 1 aliphatic heterocycles. The molecule has 1 N–H and O–H groups in total. The minimum Gasteiger partial charge on any atom is -0.361 e. The third kappa shape index (κ3) is 2.78. The number of nitrogens with one attached hydrogen (secondary N) is 1. The molecule has 0 amide bonds. The molecule has 1 heterocycles. The van der Waals surface area contributed by atoms with E-state index in [0.29, 0.717) is 0 Å². The second-order valence-corrected chi connectivity index (χ2v) is 6.22. The molecule has 0 aromatic heterocycles. The first-order valence-electron chi connectivity index (χ1n) is 6.01. The van der Waals surface area contributed by atoms with Crippen LogP contribution in [-0.4, -0.2) is 17.0 Å². The van der Waals surface area contributed by atoms with E-state index in [1.807, 2.05) is 36.0 Å². The number of benzene rings is 1. The van der Waals surface area contributed by atoms with Crippen LogP contribution in [0.2, 0.25) is 5.02 Å². The minimum absolute atomic E-state index is 0.726. The van der Waals surface area contributed by atoms with Gasteiger partial charge in [-0.25, -0.2) is 0 Å². The van der Waals surface area contributed by atoms with E-state index in [2.05, 4.69) is 10.3 Å². The Bertz CT molecular complexity index is 443. The minimum atomic E-state index is 0.726. The molecule has 17 heavy (non-hydrogen) atoms. The van der Waals surface area contributed by atoms with E-state index in [1.54, 1.807) is 0 Å². The van der Waals surface area contributed by atoms with E-state index in [-0.39, 0.29) is 0 Å². The summed E-state index contributed by atoms with van der Waals surface area (Å²) in [6.45, 7) is 1.75. The molecule has 0 saturated heterocycles. The van der Waals surface area contributed by atoms with E-state index < -0.39 is 0 Å². The highest BCUT2D eigenvalue weighted by Gasteiger charge is 2.35. The monoisotopic (exact) mass is 266 g/mol. The van der Waals surface area contributed by atoms with Crippen LogP contribution in [0.15, 0.2) is 29.3 Å². The fourth-order valence-corrected chi connectivity index (χ4v) is 3.42. The van der Waals surface area contributed by atoms with E-state index >= 15 is 0 Å². The van der Waals surface area contributed by atoms with Crippen molar-refractivity contribution < 1.29 is 0 Å². The van der Waals surface area contributed by atoms with Gasteiger partial charge in [0.1, 0.15) is 0 Å². The largest absolute Gasteiger partial charge is 0.361 e. The van der Waals surface area contributed by atoms with Crippen molar-refractivity contribution in [3.63, 3.8) is 0 Å². The molecule has 1 aromatic carbocycles. The van der Waals surface area contributed by atoms with Gasteiger partial charge in [0.05, 0.1) is 6.54 Å². The normalized spacial score (nSPS) is 23.6. The molecule has 2 nitrogen and oxygen atoms in total. The van der Waals surface area contributed by atoms with Gasteiger partial charge in [0.2, 0.25) is 0 Å². The lowest BCUT2D eigenvalue weighted by atomic mass is 10.2. The molecule has 4 heteroatoms. The van der Waals surface area contributed by atoms with Crippen LogP contribution in [0.4, 0.5) is 0 Å². The van der Waals surface area contributed by atoms with Gasteiger partial charge in [-0.05, 0) is 30.4 Å². The molecule has 3 rings (SSSR count). The lowest BCUT2D eigenvalue weighted by Gasteiger charge is -2.08. The fourth-order valence-electron chi connectivity index (χ4n) is 2.01. The van der Waals surface area contributed by atoms with E-state index in [4.69, 9.17) is 11.6 Å². The van der Waals surface area contributed by atoms with E-state index in [1.165, 1.54) is 12.8 Å². The molecule has 1 unspecified atom stereocenters. The number of thioether (sulfide) groups is 1. The molecular weight excluding hydrogens is 252 g/mol. The Morgan fingerprint density at radius 1 is 1.35 bits per heavy atom. The lowest BCUT2D eigenvalue weighted by molar-refractivity contribution is 0.772.